The molecule has 0 aliphatic carbocycles. The summed E-state index contributed by atoms with van der Waals surface area (Å²) in [6.07, 6.45) is -5.25. The van der Waals surface area contributed by atoms with E-state index in [-0.39, 0.29) is 34.3 Å². The molecule has 0 fully saturated rings. The molecule has 0 aliphatic heterocycles. The van der Waals surface area contributed by atoms with Crippen molar-refractivity contribution in [1.29, 1.82) is 0 Å². The van der Waals surface area contributed by atoms with Gasteiger partial charge < -0.3 is 9.30 Å². The van der Waals surface area contributed by atoms with Gasteiger partial charge in [0.25, 0.3) is 10.0 Å². The number of ether oxygens (including phenoxy) is 1. The third-order valence-corrected chi connectivity index (χ3v) is 11.3. The van der Waals surface area contributed by atoms with E-state index in [1.165, 1.54) is 37.4 Å². The Morgan fingerprint density at radius 3 is 1.62 bits per heavy atom. The Kier molecular flexibility index (Phi) is 10.3. The van der Waals surface area contributed by atoms with Gasteiger partial charge >= 0.3 is 47.6 Å². The summed E-state index contributed by atoms with van der Waals surface area (Å²) >= 11 is 0. The fourth-order valence-corrected chi connectivity index (χ4v) is 7.71. The number of benzene rings is 3. The molecular weight excluding hydrogens is 889 g/mol. The van der Waals surface area contributed by atoms with Gasteiger partial charge in [0.2, 0.25) is 0 Å². The van der Waals surface area contributed by atoms with E-state index in [9.17, 15) is 74.3 Å². The molecule has 0 radical (unpaired) electrons. The summed E-state index contributed by atoms with van der Waals surface area (Å²) in [7, 11) is -2.15. The van der Waals surface area contributed by atoms with Crippen molar-refractivity contribution in [1.82, 2.24) is 13.5 Å². The Labute approximate surface area is 330 Å². The van der Waals surface area contributed by atoms with Crippen LogP contribution in [-0.2, 0) is 23.0 Å². The number of hydrogen-bond acceptors (Lipinski definition) is 4. The Morgan fingerprint density at radius 2 is 1.05 bits per heavy atom. The van der Waals surface area contributed by atoms with Crippen LogP contribution >= 0.6 is 0 Å². The van der Waals surface area contributed by atoms with Gasteiger partial charge in [0.15, 0.2) is 0 Å². The Hall–Kier alpha value is -5.55. The minimum Gasteiger partial charge on any atom is -0.497 e. The SMILES string of the molecule is COc1ccc2c(-c3cccc(-c4cn(S(=O)(=O)c5cccc(C(F)(F)C(F)(F)C(F)(F)C(F)(F)C(F)(F)C(F)(F)C(F)(F)C(F)(F)F)c5)c5ccccc45)n3)cn(C)c2c1. The number of methoxy groups -OCH3 is 1. The number of alkyl halides is 17. The minimum absolute atomic E-state index is 0.0478. The van der Waals surface area contributed by atoms with Crippen LogP contribution in [-0.4, -0.2) is 70.8 Å². The highest BCUT2D eigenvalue weighted by Crippen LogP contribution is 2.65. The predicted molar refractivity (Wildman–Crippen MR) is 182 cm³/mol. The molecule has 0 spiro atoms. The smallest absolute Gasteiger partial charge is 0.460 e. The van der Waals surface area contributed by atoms with Crippen LogP contribution in [0.4, 0.5) is 74.6 Å². The van der Waals surface area contributed by atoms with Crippen LogP contribution in [0.1, 0.15) is 5.56 Å². The average Bonchev–Trinajstić information content (AvgIpc) is 3.75. The molecule has 0 aliphatic rings. The van der Waals surface area contributed by atoms with E-state index in [1.807, 2.05) is 0 Å². The number of aryl methyl sites for hydroxylation is 1. The summed E-state index contributed by atoms with van der Waals surface area (Å²) in [5.41, 5.74) is -1.05. The van der Waals surface area contributed by atoms with Gasteiger partial charge in [-0.15, -0.1) is 0 Å². The fourth-order valence-electron chi connectivity index (χ4n) is 6.29. The molecule has 0 bridgehead atoms. The zero-order valence-electron chi connectivity index (χ0n) is 30.1. The first-order valence-electron chi connectivity index (χ1n) is 16.6. The minimum atomic E-state index is -8.81. The van der Waals surface area contributed by atoms with Crippen LogP contribution < -0.4 is 4.74 Å². The maximum atomic E-state index is 15.3. The van der Waals surface area contributed by atoms with Crippen molar-refractivity contribution >= 4 is 31.8 Å². The molecule has 0 N–H and O–H groups in total. The van der Waals surface area contributed by atoms with Crippen molar-refractivity contribution < 1.29 is 87.8 Å². The highest BCUT2D eigenvalue weighted by molar-refractivity contribution is 7.90. The molecule has 328 valence electrons. The van der Waals surface area contributed by atoms with Crippen molar-refractivity contribution in [2.45, 2.75) is 52.5 Å². The quantitative estimate of drug-likeness (QED) is 0.115. The van der Waals surface area contributed by atoms with Gasteiger partial charge in [0.05, 0.1) is 34.4 Å². The third kappa shape index (κ3) is 6.36. The van der Waals surface area contributed by atoms with Crippen LogP contribution in [0.2, 0.25) is 0 Å². The topological polar surface area (TPSA) is 66.1 Å². The van der Waals surface area contributed by atoms with Crippen molar-refractivity contribution in [2.24, 2.45) is 7.05 Å². The summed E-state index contributed by atoms with van der Waals surface area (Å²) in [5.74, 6) is -57.6. The van der Waals surface area contributed by atoms with Crippen LogP contribution in [0.5, 0.6) is 5.75 Å². The summed E-state index contributed by atoms with van der Waals surface area (Å²) in [4.78, 5) is 3.17. The normalized spacial score (nSPS) is 14.3. The number of rotatable bonds is 12. The monoisotopic (exact) mass is 911 g/mol. The molecule has 0 atom stereocenters. The number of nitrogens with zero attached hydrogens (tertiary/aromatic N) is 3. The molecule has 0 saturated heterocycles. The second kappa shape index (κ2) is 14.0. The lowest BCUT2D eigenvalue weighted by Gasteiger charge is -2.42. The summed E-state index contributed by atoms with van der Waals surface area (Å²) in [6.45, 7) is 0. The van der Waals surface area contributed by atoms with Crippen LogP contribution in [0.15, 0.2) is 102 Å². The predicted octanol–water partition coefficient (Wildman–Crippen LogP) is 11.6. The maximum Gasteiger partial charge on any atom is 0.460 e. The fraction of sp³-hybridized carbons (Fsp3) is 0.270. The Morgan fingerprint density at radius 1 is 0.541 bits per heavy atom. The molecule has 6 aromatic rings. The number of pyridine rings is 1. The molecular formula is C37H22F17N3O3S. The van der Waals surface area contributed by atoms with Crippen LogP contribution in [0, 0.1) is 0 Å². The van der Waals surface area contributed by atoms with E-state index < -0.39 is 74.2 Å². The second-order valence-corrected chi connectivity index (χ2v) is 15.2. The van der Waals surface area contributed by atoms with Gasteiger partial charge in [0.1, 0.15) is 5.75 Å². The molecule has 6 rings (SSSR count). The van der Waals surface area contributed by atoms with Crippen molar-refractivity contribution in [2.75, 3.05) is 7.11 Å². The molecule has 3 aromatic heterocycles. The lowest BCUT2D eigenvalue weighted by Crippen LogP contribution is -2.74. The number of fused-ring (bicyclic) bond motifs is 2. The van der Waals surface area contributed by atoms with E-state index >= 15 is 8.78 Å². The lowest BCUT2D eigenvalue weighted by atomic mass is 9.87. The highest BCUT2D eigenvalue weighted by atomic mass is 32.2. The average molecular weight is 912 g/mol. The summed E-state index contributed by atoms with van der Waals surface area (Å²) in [6, 6.07) is 14.9. The third-order valence-electron chi connectivity index (χ3n) is 9.65. The van der Waals surface area contributed by atoms with Gasteiger partial charge in [-0.3, -0.25) is 0 Å². The molecule has 3 aromatic carbocycles. The number of hydrogen-bond donors (Lipinski definition) is 0. The zero-order valence-corrected chi connectivity index (χ0v) is 31.0. The maximum absolute atomic E-state index is 15.3. The highest BCUT2D eigenvalue weighted by Gasteiger charge is 2.95. The lowest BCUT2D eigenvalue weighted by molar-refractivity contribution is -0.462. The first-order chi connectivity index (χ1) is 27.8. The van der Waals surface area contributed by atoms with E-state index in [2.05, 4.69) is 4.98 Å². The zero-order chi connectivity index (χ0) is 45.7. The summed E-state index contributed by atoms with van der Waals surface area (Å²) in [5, 5.41) is 0.832. The van der Waals surface area contributed by atoms with E-state index in [0.29, 0.717) is 27.0 Å². The van der Waals surface area contributed by atoms with Crippen LogP contribution in [0.3, 0.4) is 0 Å². The van der Waals surface area contributed by atoms with Gasteiger partial charge in [-0.1, -0.05) is 36.4 Å². The largest absolute Gasteiger partial charge is 0.497 e. The summed E-state index contributed by atoms with van der Waals surface area (Å²) < 4.78 is 273. The number of aromatic nitrogens is 3. The molecule has 3 heterocycles. The Bertz CT molecular complexity index is 2780. The standard InChI is InChI=1S/C37H22F17N3O3S/c1-56-17-24(23-14-13-20(60-2)16-29(23)56)26-10-6-11-27(55-26)25-18-57(28-12-4-3-9-22(25)28)61(58,59)21-8-5-7-19(15-21)30(38,39)31(40,41)32(42,43)33(44,45)34(46,47)35(48,49)36(50,51)37(52,53)54/h3-18H,1-2H3. The Balaban J connectivity index is 1.41. The number of halogens is 17. The van der Waals surface area contributed by atoms with Crippen LogP contribution in [0.25, 0.3) is 44.3 Å². The van der Waals surface area contributed by atoms with E-state index in [4.69, 9.17) is 4.74 Å². The van der Waals surface area contributed by atoms with Crippen molar-refractivity contribution in [3.63, 3.8) is 0 Å². The number of para-hydroxylation sites is 1. The van der Waals surface area contributed by atoms with Crippen molar-refractivity contribution in [3.05, 3.63) is 103 Å². The molecule has 0 unspecified atom stereocenters. The molecule has 24 heteroatoms. The van der Waals surface area contributed by atoms with Gasteiger partial charge in [0, 0.05) is 53.0 Å². The van der Waals surface area contributed by atoms with Gasteiger partial charge in [-0.2, -0.15) is 74.6 Å². The first-order valence-corrected chi connectivity index (χ1v) is 18.1. The molecule has 0 saturated carbocycles. The van der Waals surface area contributed by atoms with Gasteiger partial charge in [-0.05, 0) is 42.5 Å². The molecule has 0 amide bonds. The first kappa shape index (κ1) is 45.0. The van der Waals surface area contributed by atoms with E-state index in [0.717, 1.165) is 17.1 Å². The molecule has 6 nitrogen and oxygen atoms in total. The van der Waals surface area contributed by atoms with E-state index in [1.54, 1.807) is 48.1 Å². The second-order valence-electron chi connectivity index (χ2n) is 13.4. The van der Waals surface area contributed by atoms with Crippen molar-refractivity contribution in [3.8, 4) is 28.3 Å². The van der Waals surface area contributed by atoms with Gasteiger partial charge in [-0.25, -0.2) is 17.4 Å². The molecule has 61 heavy (non-hydrogen) atoms.